The Hall–Kier alpha value is -2.58. The van der Waals surface area contributed by atoms with Crippen LogP contribution >= 0.6 is 11.6 Å². The molecule has 1 aliphatic rings. The molecule has 2 aromatic rings. The van der Waals surface area contributed by atoms with Gasteiger partial charge in [-0.05, 0) is 24.6 Å². The molecule has 0 saturated heterocycles. The minimum absolute atomic E-state index is 0.0132. The number of methoxy groups -OCH3 is 2. The van der Waals surface area contributed by atoms with Crippen LogP contribution in [-0.2, 0) is 27.4 Å². The van der Waals surface area contributed by atoms with Crippen LogP contribution in [0.15, 0.2) is 16.9 Å². The summed E-state index contributed by atoms with van der Waals surface area (Å²) in [5, 5.41) is 1.10. The summed E-state index contributed by atoms with van der Waals surface area (Å²) in [6.45, 7) is 2.10. The Morgan fingerprint density at radius 1 is 1.32 bits per heavy atom. The van der Waals surface area contributed by atoms with E-state index in [1.165, 1.54) is 18.8 Å². The molecule has 0 fully saturated rings. The topological polar surface area (TPSA) is 104 Å². The van der Waals surface area contributed by atoms with Crippen molar-refractivity contribution in [1.82, 2.24) is 9.47 Å². The second-order valence-electron chi connectivity index (χ2n) is 6.70. The van der Waals surface area contributed by atoms with Crippen molar-refractivity contribution in [1.29, 1.82) is 0 Å². The number of fused-ring (bicyclic) bond motifs is 3. The van der Waals surface area contributed by atoms with Gasteiger partial charge in [-0.1, -0.05) is 11.6 Å². The molecule has 2 heterocycles. The Balaban J connectivity index is 2.26. The summed E-state index contributed by atoms with van der Waals surface area (Å²) in [6.07, 6.45) is 0.0132. The monoisotopic (exact) mass is 407 g/mol. The first-order valence-corrected chi connectivity index (χ1v) is 9.17. The number of halogens is 1. The largest absolute Gasteiger partial charge is 0.495 e. The van der Waals surface area contributed by atoms with Gasteiger partial charge in [0, 0.05) is 31.0 Å². The van der Waals surface area contributed by atoms with Crippen LogP contribution in [0.2, 0.25) is 5.02 Å². The summed E-state index contributed by atoms with van der Waals surface area (Å²) in [5.41, 5.74) is 6.86. The van der Waals surface area contributed by atoms with E-state index >= 15 is 0 Å². The number of carbonyl (C=O) groups is 2. The molecule has 28 heavy (non-hydrogen) atoms. The van der Waals surface area contributed by atoms with Gasteiger partial charge in [0.2, 0.25) is 11.8 Å². The van der Waals surface area contributed by atoms with Gasteiger partial charge < -0.3 is 24.7 Å². The lowest BCUT2D eigenvalue weighted by atomic mass is 10.00. The summed E-state index contributed by atoms with van der Waals surface area (Å²) >= 11 is 6.29. The van der Waals surface area contributed by atoms with E-state index < -0.39 is 5.91 Å². The van der Waals surface area contributed by atoms with E-state index in [1.807, 2.05) is 6.92 Å². The number of pyridine rings is 1. The van der Waals surface area contributed by atoms with Crippen LogP contribution in [0, 0.1) is 0 Å². The van der Waals surface area contributed by atoms with Gasteiger partial charge in [-0.15, -0.1) is 0 Å². The quantitative estimate of drug-likeness (QED) is 0.783. The summed E-state index contributed by atoms with van der Waals surface area (Å²) in [4.78, 5) is 38.5. The summed E-state index contributed by atoms with van der Waals surface area (Å²) in [7, 11) is 2.96. The predicted octanol–water partition coefficient (Wildman–Crippen LogP) is 1.59. The highest BCUT2D eigenvalue weighted by molar-refractivity contribution is 6.32. The molecule has 3 rings (SSSR count). The van der Waals surface area contributed by atoms with Crippen molar-refractivity contribution < 1.29 is 19.1 Å². The van der Waals surface area contributed by atoms with Crippen LogP contribution in [0.1, 0.15) is 30.5 Å². The minimum atomic E-state index is -0.509. The molecule has 1 aromatic carbocycles. The second-order valence-corrected chi connectivity index (χ2v) is 7.11. The third kappa shape index (κ3) is 3.33. The average Bonchev–Trinajstić information content (AvgIpc) is 2.99. The van der Waals surface area contributed by atoms with Gasteiger partial charge >= 0.3 is 0 Å². The molecule has 1 aliphatic heterocycles. The Morgan fingerprint density at radius 2 is 2.04 bits per heavy atom. The fraction of sp³-hybridized carbons (Fsp3) is 0.421. The fourth-order valence-corrected chi connectivity index (χ4v) is 3.97. The molecule has 2 N–H and O–H groups in total. The minimum Gasteiger partial charge on any atom is -0.495 e. The number of benzene rings is 1. The van der Waals surface area contributed by atoms with Gasteiger partial charge in [-0.3, -0.25) is 14.4 Å². The highest BCUT2D eigenvalue weighted by atomic mass is 35.5. The van der Waals surface area contributed by atoms with E-state index in [0.717, 1.165) is 10.9 Å². The molecule has 2 amide bonds. The highest BCUT2D eigenvalue weighted by Crippen LogP contribution is 2.40. The molecule has 0 saturated carbocycles. The third-order valence-corrected chi connectivity index (χ3v) is 5.36. The van der Waals surface area contributed by atoms with E-state index in [4.69, 9.17) is 26.8 Å². The number of ether oxygens (including phenoxy) is 2. The van der Waals surface area contributed by atoms with Crippen molar-refractivity contribution in [2.24, 2.45) is 5.73 Å². The SMILES string of the molecule is COCC(=O)N1Cc2c(c3cc(OC)c(Cl)cc3n(CCC(N)=O)c2=O)[C@@H]1C. The predicted molar refractivity (Wildman–Crippen MR) is 104 cm³/mol. The summed E-state index contributed by atoms with van der Waals surface area (Å²) in [5.74, 6) is -0.251. The molecule has 0 spiro atoms. The van der Waals surface area contributed by atoms with Crippen molar-refractivity contribution >= 4 is 34.3 Å². The van der Waals surface area contributed by atoms with Gasteiger partial charge in [0.1, 0.15) is 12.4 Å². The molecule has 0 radical (unpaired) electrons. The van der Waals surface area contributed by atoms with Gasteiger partial charge in [0.15, 0.2) is 0 Å². The number of rotatable bonds is 6. The average molecular weight is 408 g/mol. The molecule has 9 heteroatoms. The van der Waals surface area contributed by atoms with Gasteiger partial charge in [0.25, 0.3) is 5.56 Å². The first-order chi connectivity index (χ1) is 13.3. The maximum absolute atomic E-state index is 13.2. The second kappa shape index (κ2) is 7.81. The van der Waals surface area contributed by atoms with Crippen molar-refractivity contribution in [3.63, 3.8) is 0 Å². The Bertz CT molecular complexity index is 1020. The molecule has 1 aromatic heterocycles. The van der Waals surface area contributed by atoms with E-state index in [9.17, 15) is 14.4 Å². The van der Waals surface area contributed by atoms with Crippen LogP contribution in [0.25, 0.3) is 10.9 Å². The van der Waals surface area contributed by atoms with Gasteiger partial charge in [-0.2, -0.15) is 0 Å². The molecular formula is C19H22ClN3O5. The maximum Gasteiger partial charge on any atom is 0.256 e. The Labute approximate surface area is 166 Å². The number of aromatic nitrogens is 1. The molecule has 150 valence electrons. The summed E-state index contributed by atoms with van der Waals surface area (Å²) in [6, 6.07) is 3.09. The number of hydrogen-bond acceptors (Lipinski definition) is 5. The fourth-order valence-electron chi connectivity index (χ4n) is 3.74. The van der Waals surface area contributed by atoms with Gasteiger partial charge in [-0.25, -0.2) is 0 Å². The van der Waals surface area contributed by atoms with Crippen molar-refractivity contribution in [3.05, 3.63) is 38.6 Å². The van der Waals surface area contributed by atoms with Crippen molar-refractivity contribution in [2.45, 2.75) is 32.5 Å². The maximum atomic E-state index is 13.2. The normalized spacial score (nSPS) is 15.7. The van der Waals surface area contributed by atoms with E-state index in [1.54, 1.807) is 17.0 Å². The lowest BCUT2D eigenvalue weighted by Crippen LogP contribution is -2.32. The Kier molecular flexibility index (Phi) is 5.62. The van der Waals surface area contributed by atoms with E-state index in [0.29, 0.717) is 21.9 Å². The lowest BCUT2D eigenvalue weighted by Gasteiger charge is -2.22. The number of nitrogens with zero attached hydrogens (tertiary/aromatic N) is 2. The first kappa shape index (κ1) is 20.2. The molecule has 8 nitrogen and oxygen atoms in total. The number of hydrogen-bond donors (Lipinski definition) is 1. The highest BCUT2D eigenvalue weighted by Gasteiger charge is 2.35. The van der Waals surface area contributed by atoms with Crippen LogP contribution in [0.4, 0.5) is 0 Å². The van der Waals surface area contributed by atoms with E-state index in [2.05, 4.69) is 0 Å². The molecule has 0 aliphatic carbocycles. The standard InChI is InChI=1S/C19H22ClN3O5/c1-10-18-11-6-15(28-3)13(20)7-14(11)22(5-4-16(21)24)19(26)12(18)8-23(10)17(25)9-27-2/h6-7,10H,4-5,8-9H2,1-3H3,(H2,21,24)/t10-/m0/s1. The number of primary amides is 1. The number of aryl methyl sites for hydroxylation is 1. The molecular weight excluding hydrogens is 386 g/mol. The zero-order chi connectivity index (χ0) is 20.6. The van der Waals surface area contributed by atoms with Crippen molar-refractivity contribution in [2.75, 3.05) is 20.8 Å². The molecule has 1 atom stereocenters. The zero-order valence-electron chi connectivity index (χ0n) is 16.0. The summed E-state index contributed by atoms with van der Waals surface area (Å²) < 4.78 is 11.8. The van der Waals surface area contributed by atoms with Crippen LogP contribution in [-0.4, -0.2) is 42.1 Å². The first-order valence-electron chi connectivity index (χ1n) is 8.79. The van der Waals surface area contributed by atoms with Crippen LogP contribution < -0.4 is 16.0 Å². The third-order valence-electron chi connectivity index (χ3n) is 5.06. The van der Waals surface area contributed by atoms with Crippen LogP contribution in [0.3, 0.4) is 0 Å². The Morgan fingerprint density at radius 3 is 2.64 bits per heavy atom. The molecule has 0 unspecified atom stereocenters. The van der Waals surface area contributed by atoms with Crippen molar-refractivity contribution in [3.8, 4) is 5.75 Å². The van der Waals surface area contributed by atoms with Crippen LogP contribution in [0.5, 0.6) is 5.75 Å². The zero-order valence-corrected chi connectivity index (χ0v) is 16.7. The lowest BCUT2D eigenvalue weighted by molar-refractivity contribution is -0.137. The molecule has 0 bridgehead atoms. The smallest absolute Gasteiger partial charge is 0.256 e. The van der Waals surface area contributed by atoms with Gasteiger partial charge in [0.05, 0.1) is 30.2 Å². The number of amides is 2. The number of carbonyl (C=O) groups excluding carboxylic acids is 2. The number of nitrogens with two attached hydrogens (primary N) is 1. The van der Waals surface area contributed by atoms with E-state index in [-0.39, 0.29) is 43.6 Å².